The second kappa shape index (κ2) is 7.03. The fraction of sp³-hybridized carbons (Fsp3) is 0.0909. The SMILES string of the molecule is CC1(Nc2ccc(C(N)=O)c(O)c2)C(=O)N(c2cccc(Cl)c2)c2ccc(F)cc21. The van der Waals surface area contributed by atoms with Gasteiger partial charge in [0.2, 0.25) is 0 Å². The Bertz CT molecular complexity index is 1200. The number of phenols is 1. The summed E-state index contributed by atoms with van der Waals surface area (Å²) in [6.07, 6.45) is 0. The van der Waals surface area contributed by atoms with Crippen molar-refractivity contribution in [2.45, 2.75) is 12.5 Å². The standard InChI is InChI=1S/C22H17ClFN3O3/c1-22(26-14-6-7-16(20(25)29)19(28)11-14)17-10-13(24)5-8-18(17)27(21(22)30)15-4-2-3-12(23)9-15/h2-11,26,28H,1H3,(H2,25,29). The van der Waals surface area contributed by atoms with Crippen LogP contribution in [-0.2, 0) is 10.3 Å². The lowest BCUT2D eigenvalue weighted by Gasteiger charge is -2.27. The summed E-state index contributed by atoms with van der Waals surface area (Å²) in [5.74, 6) is -1.95. The summed E-state index contributed by atoms with van der Waals surface area (Å²) < 4.78 is 14.1. The van der Waals surface area contributed by atoms with Gasteiger partial charge in [0.25, 0.3) is 11.8 Å². The Labute approximate surface area is 176 Å². The van der Waals surface area contributed by atoms with Gasteiger partial charge < -0.3 is 16.2 Å². The smallest absolute Gasteiger partial charge is 0.261 e. The number of fused-ring (bicyclic) bond motifs is 1. The highest BCUT2D eigenvalue weighted by molar-refractivity contribution is 6.31. The summed E-state index contributed by atoms with van der Waals surface area (Å²) in [7, 11) is 0. The minimum Gasteiger partial charge on any atom is -0.507 e. The Hall–Kier alpha value is -3.58. The molecule has 0 spiro atoms. The van der Waals surface area contributed by atoms with E-state index in [1.54, 1.807) is 31.2 Å². The van der Waals surface area contributed by atoms with E-state index in [1.165, 1.54) is 41.3 Å². The second-order valence-corrected chi connectivity index (χ2v) is 7.56. The van der Waals surface area contributed by atoms with Crippen molar-refractivity contribution in [2.24, 2.45) is 5.73 Å². The predicted octanol–water partition coefficient (Wildman–Crippen LogP) is 4.29. The van der Waals surface area contributed by atoms with Crippen LogP contribution < -0.4 is 16.0 Å². The maximum Gasteiger partial charge on any atom is 0.261 e. The second-order valence-electron chi connectivity index (χ2n) is 7.13. The molecular weight excluding hydrogens is 409 g/mol. The van der Waals surface area contributed by atoms with Crippen LogP contribution in [0, 0.1) is 5.82 Å². The van der Waals surface area contributed by atoms with Gasteiger partial charge in [-0.1, -0.05) is 17.7 Å². The number of anilines is 3. The molecule has 0 aromatic heterocycles. The van der Waals surface area contributed by atoms with Gasteiger partial charge in [-0.3, -0.25) is 14.5 Å². The van der Waals surface area contributed by atoms with Crippen molar-refractivity contribution in [1.82, 2.24) is 0 Å². The number of nitrogens with one attached hydrogen (secondary N) is 1. The minimum atomic E-state index is -1.35. The molecule has 8 heteroatoms. The van der Waals surface area contributed by atoms with Crippen LogP contribution in [0.1, 0.15) is 22.8 Å². The van der Waals surface area contributed by atoms with Crippen molar-refractivity contribution in [3.05, 3.63) is 82.6 Å². The molecule has 0 fully saturated rings. The van der Waals surface area contributed by atoms with Gasteiger partial charge in [0.1, 0.15) is 17.1 Å². The molecule has 1 unspecified atom stereocenters. The molecule has 1 heterocycles. The van der Waals surface area contributed by atoms with Crippen molar-refractivity contribution in [3.8, 4) is 5.75 Å². The molecule has 4 rings (SSSR count). The van der Waals surface area contributed by atoms with Gasteiger partial charge in [-0.2, -0.15) is 0 Å². The van der Waals surface area contributed by atoms with Crippen LogP contribution in [0.2, 0.25) is 5.02 Å². The molecule has 152 valence electrons. The Morgan fingerprint density at radius 1 is 1.17 bits per heavy atom. The normalized spacial score (nSPS) is 17.7. The number of carbonyl (C=O) groups is 2. The molecule has 1 aliphatic rings. The Balaban J connectivity index is 1.81. The van der Waals surface area contributed by atoms with Crippen molar-refractivity contribution >= 4 is 40.5 Å². The number of nitrogens with two attached hydrogens (primary N) is 1. The number of amides is 2. The van der Waals surface area contributed by atoms with Crippen molar-refractivity contribution < 1.29 is 19.1 Å². The average Bonchev–Trinajstić information content (AvgIpc) is 2.89. The van der Waals surface area contributed by atoms with E-state index in [-0.39, 0.29) is 17.2 Å². The number of aromatic hydroxyl groups is 1. The van der Waals surface area contributed by atoms with Crippen molar-refractivity contribution in [2.75, 3.05) is 10.2 Å². The lowest BCUT2D eigenvalue weighted by Crippen LogP contribution is -2.42. The molecule has 0 saturated heterocycles. The molecule has 2 amide bonds. The number of hydrogen-bond acceptors (Lipinski definition) is 4. The van der Waals surface area contributed by atoms with Crippen LogP contribution in [0.15, 0.2) is 60.7 Å². The molecule has 3 aromatic rings. The largest absolute Gasteiger partial charge is 0.507 e. The van der Waals surface area contributed by atoms with Crippen LogP contribution in [0.4, 0.5) is 21.5 Å². The van der Waals surface area contributed by atoms with Gasteiger partial charge >= 0.3 is 0 Å². The Morgan fingerprint density at radius 2 is 1.93 bits per heavy atom. The summed E-state index contributed by atoms with van der Waals surface area (Å²) in [6, 6.07) is 15.1. The van der Waals surface area contributed by atoms with Crippen LogP contribution in [0.3, 0.4) is 0 Å². The minimum absolute atomic E-state index is 0.0459. The number of nitrogens with zero attached hydrogens (tertiary/aromatic N) is 1. The lowest BCUT2D eigenvalue weighted by molar-refractivity contribution is -0.121. The van der Waals surface area contributed by atoms with Gasteiger partial charge in [-0.05, 0) is 55.5 Å². The summed E-state index contributed by atoms with van der Waals surface area (Å²) in [4.78, 5) is 26.3. The zero-order chi connectivity index (χ0) is 21.6. The Morgan fingerprint density at radius 3 is 2.60 bits per heavy atom. The monoisotopic (exact) mass is 425 g/mol. The van der Waals surface area contributed by atoms with E-state index in [0.717, 1.165) is 0 Å². The number of hydrogen-bond donors (Lipinski definition) is 3. The van der Waals surface area contributed by atoms with E-state index >= 15 is 0 Å². The number of carbonyl (C=O) groups excluding carboxylic acids is 2. The molecule has 3 aromatic carbocycles. The fourth-order valence-corrected chi connectivity index (χ4v) is 3.84. The number of rotatable bonds is 4. The van der Waals surface area contributed by atoms with E-state index in [9.17, 15) is 19.1 Å². The zero-order valence-electron chi connectivity index (χ0n) is 15.8. The molecule has 1 atom stereocenters. The van der Waals surface area contributed by atoms with E-state index < -0.39 is 17.3 Å². The molecule has 0 radical (unpaired) electrons. The first kappa shape index (κ1) is 19.7. The van der Waals surface area contributed by atoms with Crippen LogP contribution in [0.5, 0.6) is 5.75 Å². The van der Waals surface area contributed by atoms with E-state index in [2.05, 4.69) is 5.32 Å². The van der Waals surface area contributed by atoms with E-state index in [4.69, 9.17) is 17.3 Å². The molecule has 4 N–H and O–H groups in total. The lowest BCUT2D eigenvalue weighted by atomic mass is 9.93. The highest BCUT2D eigenvalue weighted by Gasteiger charge is 2.48. The summed E-state index contributed by atoms with van der Waals surface area (Å²) in [5, 5.41) is 13.6. The molecule has 6 nitrogen and oxygen atoms in total. The third kappa shape index (κ3) is 3.13. The summed E-state index contributed by atoms with van der Waals surface area (Å²) in [5.41, 5.74) is 5.66. The quantitative estimate of drug-likeness (QED) is 0.581. The van der Waals surface area contributed by atoms with Gasteiger partial charge in [-0.15, -0.1) is 0 Å². The van der Waals surface area contributed by atoms with Gasteiger partial charge in [0.15, 0.2) is 0 Å². The van der Waals surface area contributed by atoms with Gasteiger partial charge in [0.05, 0.1) is 16.9 Å². The maximum absolute atomic E-state index is 14.1. The number of benzene rings is 3. The molecule has 30 heavy (non-hydrogen) atoms. The van der Waals surface area contributed by atoms with Crippen molar-refractivity contribution in [3.63, 3.8) is 0 Å². The average molecular weight is 426 g/mol. The molecule has 0 saturated carbocycles. The van der Waals surface area contributed by atoms with Crippen molar-refractivity contribution in [1.29, 1.82) is 0 Å². The number of primary amides is 1. The molecular formula is C22H17ClFN3O3. The molecule has 0 bridgehead atoms. The fourth-order valence-electron chi connectivity index (χ4n) is 3.65. The summed E-state index contributed by atoms with van der Waals surface area (Å²) in [6.45, 7) is 1.62. The van der Waals surface area contributed by atoms with Crippen LogP contribution in [0.25, 0.3) is 0 Å². The first-order valence-electron chi connectivity index (χ1n) is 9.02. The highest BCUT2D eigenvalue weighted by atomic mass is 35.5. The first-order valence-corrected chi connectivity index (χ1v) is 9.39. The third-order valence-electron chi connectivity index (χ3n) is 5.09. The van der Waals surface area contributed by atoms with E-state index in [0.29, 0.717) is 27.6 Å². The third-order valence-corrected chi connectivity index (χ3v) is 5.33. The molecule has 1 aliphatic heterocycles. The first-order chi connectivity index (χ1) is 14.2. The van der Waals surface area contributed by atoms with Gasteiger partial charge in [-0.25, -0.2) is 4.39 Å². The van der Waals surface area contributed by atoms with Gasteiger partial charge in [0, 0.05) is 22.3 Å². The van der Waals surface area contributed by atoms with Crippen LogP contribution >= 0.6 is 11.6 Å². The summed E-state index contributed by atoms with van der Waals surface area (Å²) >= 11 is 6.10. The highest BCUT2D eigenvalue weighted by Crippen LogP contribution is 2.46. The van der Waals surface area contributed by atoms with E-state index in [1.807, 2.05) is 0 Å². The number of halogens is 2. The topological polar surface area (TPSA) is 95.7 Å². The van der Waals surface area contributed by atoms with Crippen LogP contribution in [-0.4, -0.2) is 16.9 Å². The molecule has 0 aliphatic carbocycles. The zero-order valence-corrected chi connectivity index (χ0v) is 16.6. The maximum atomic E-state index is 14.1. The predicted molar refractivity (Wildman–Crippen MR) is 113 cm³/mol. The Kier molecular flexibility index (Phi) is 4.63.